The molecule has 2 rings (SSSR count). The molecule has 0 spiro atoms. The van der Waals surface area contributed by atoms with Gasteiger partial charge in [0.05, 0.1) is 6.61 Å². The van der Waals surface area contributed by atoms with Crippen molar-refractivity contribution in [1.82, 2.24) is 15.2 Å². The maximum Gasteiger partial charge on any atom is 0.337 e. The normalized spacial score (nSPS) is 10.1. The van der Waals surface area contributed by atoms with Crippen LogP contribution in [0.25, 0.3) is 0 Å². The van der Waals surface area contributed by atoms with Crippen LogP contribution in [0, 0.1) is 0 Å². The van der Waals surface area contributed by atoms with Gasteiger partial charge in [-0.1, -0.05) is 17.7 Å². The van der Waals surface area contributed by atoms with E-state index in [1.54, 1.807) is 24.3 Å². The molecule has 2 N–H and O–H groups in total. The lowest BCUT2D eigenvalue weighted by atomic mass is 10.3. The molecule has 0 saturated heterocycles. The maximum atomic E-state index is 11.6. The number of nitrogens with one attached hydrogen (secondary N) is 2. The summed E-state index contributed by atoms with van der Waals surface area (Å²) < 4.78 is 10.3. The molecule has 1 heterocycles. The molecular weight excluding hydrogens is 284 g/mol. The summed E-state index contributed by atoms with van der Waals surface area (Å²) in [6.45, 7) is 2.10. The monoisotopic (exact) mass is 296 g/mol. The zero-order valence-electron chi connectivity index (χ0n) is 10.7. The van der Waals surface area contributed by atoms with Gasteiger partial charge in [-0.15, -0.1) is 5.10 Å². The first-order valence-electron chi connectivity index (χ1n) is 5.91. The van der Waals surface area contributed by atoms with Crippen molar-refractivity contribution in [1.29, 1.82) is 0 Å². The Morgan fingerprint density at radius 2 is 2.30 bits per heavy atom. The molecular formula is C12H13ClN4O3. The fourth-order valence-electron chi connectivity index (χ4n) is 1.37. The van der Waals surface area contributed by atoms with Crippen LogP contribution in [0.5, 0.6) is 11.8 Å². The number of amides is 1. The first-order valence-corrected chi connectivity index (χ1v) is 6.28. The van der Waals surface area contributed by atoms with E-state index in [0.717, 1.165) is 0 Å². The highest BCUT2D eigenvalue weighted by molar-refractivity contribution is 6.30. The molecule has 0 bridgehead atoms. The standard InChI is InChI=1S/C12H13ClN4O3/c1-2-19-12-15-11(16-17-12)14-10(18)7-20-9-5-3-4-8(13)6-9/h3-6H,2,7H2,1H3,(H2,14,15,16,17,18). The summed E-state index contributed by atoms with van der Waals surface area (Å²) in [5, 5.41) is 9.33. The zero-order chi connectivity index (χ0) is 14.4. The van der Waals surface area contributed by atoms with Gasteiger partial charge in [0, 0.05) is 5.02 Å². The van der Waals surface area contributed by atoms with E-state index in [0.29, 0.717) is 17.4 Å². The second-order valence-electron chi connectivity index (χ2n) is 3.69. The number of benzene rings is 1. The highest BCUT2D eigenvalue weighted by Gasteiger charge is 2.08. The highest BCUT2D eigenvalue weighted by atomic mass is 35.5. The average molecular weight is 297 g/mol. The van der Waals surface area contributed by atoms with Crippen molar-refractivity contribution in [2.24, 2.45) is 0 Å². The molecule has 8 heteroatoms. The number of anilines is 1. The van der Waals surface area contributed by atoms with Gasteiger partial charge in [-0.2, -0.15) is 4.98 Å². The number of halogens is 1. The molecule has 7 nitrogen and oxygen atoms in total. The topological polar surface area (TPSA) is 89.1 Å². The average Bonchev–Trinajstić information content (AvgIpc) is 2.84. The van der Waals surface area contributed by atoms with Gasteiger partial charge < -0.3 is 9.47 Å². The summed E-state index contributed by atoms with van der Waals surface area (Å²) in [6, 6.07) is 6.97. The van der Waals surface area contributed by atoms with Crippen molar-refractivity contribution >= 4 is 23.5 Å². The summed E-state index contributed by atoms with van der Waals surface area (Å²) in [5.41, 5.74) is 0. The zero-order valence-corrected chi connectivity index (χ0v) is 11.5. The predicted octanol–water partition coefficient (Wildman–Crippen LogP) is 1.87. The van der Waals surface area contributed by atoms with Crippen LogP contribution in [0.2, 0.25) is 5.02 Å². The number of carbonyl (C=O) groups excluding carboxylic acids is 1. The molecule has 0 radical (unpaired) electrons. The molecule has 0 saturated carbocycles. The molecule has 0 fully saturated rings. The van der Waals surface area contributed by atoms with Crippen LogP contribution in [0.1, 0.15) is 6.92 Å². The number of hydrogen-bond donors (Lipinski definition) is 2. The van der Waals surface area contributed by atoms with Gasteiger partial charge in [-0.3, -0.25) is 10.1 Å². The van der Waals surface area contributed by atoms with E-state index in [-0.39, 0.29) is 24.5 Å². The van der Waals surface area contributed by atoms with E-state index in [4.69, 9.17) is 21.1 Å². The Kier molecular flexibility index (Phi) is 4.78. The second-order valence-corrected chi connectivity index (χ2v) is 4.13. The van der Waals surface area contributed by atoms with Crippen molar-refractivity contribution in [3.05, 3.63) is 29.3 Å². The molecule has 0 aliphatic rings. The second kappa shape index (κ2) is 6.76. The molecule has 2 aromatic rings. The van der Waals surface area contributed by atoms with Gasteiger partial charge in [0.1, 0.15) is 5.75 Å². The number of H-pyrrole nitrogens is 1. The Labute approximate surface area is 120 Å². The smallest absolute Gasteiger partial charge is 0.337 e. The van der Waals surface area contributed by atoms with E-state index >= 15 is 0 Å². The lowest BCUT2D eigenvalue weighted by Crippen LogP contribution is -2.20. The van der Waals surface area contributed by atoms with Gasteiger partial charge >= 0.3 is 6.01 Å². The molecule has 0 unspecified atom stereocenters. The van der Waals surface area contributed by atoms with Crippen molar-refractivity contribution in [2.75, 3.05) is 18.5 Å². The van der Waals surface area contributed by atoms with Crippen LogP contribution in [0.15, 0.2) is 24.3 Å². The van der Waals surface area contributed by atoms with Crippen molar-refractivity contribution in [2.45, 2.75) is 6.92 Å². The van der Waals surface area contributed by atoms with Gasteiger partial charge in [0.15, 0.2) is 6.61 Å². The number of aromatic nitrogens is 3. The Balaban J connectivity index is 1.82. The fourth-order valence-corrected chi connectivity index (χ4v) is 1.55. The van der Waals surface area contributed by atoms with Crippen LogP contribution >= 0.6 is 11.6 Å². The number of hydrogen-bond acceptors (Lipinski definition) is 5. The minimum absolute atomic E-state index is 0.162. The summed E-state index contributed by atoms with van der Waals surface area (Å²) in [6.07, 6.45) is 0. The van der Waals surface area contributed by atoms with E-state index in [1.807, 2.05) is 6.92 Å². The Bertz CT molecular complexity index is 588. The summed E-state index contributed by atoms with van der Waals surface area (Å²) in [4.78, 5) is 15.6. The number of ether oxygens (including phenoxy) is 2. The lowest BCUT2D eigenvalue weighted by Gasteiger charge is -2.05. The number of rotatable bonds is 6. The molecule has 0 aliphatic carbocycles. The first kappa shape index (κ1) is 14.1. The minimum atomic E-state index is -0.371. The first-order chi connectivity index (χ1) is 9.67. The van der Waals surface area contributed by atoms with Crippen LogP contribution in [0.4, 0.5) is 5.95 Å². The van der Waals surface area contributed by atoms with Crippen molar-refractivity contribution in [3.8, 4) is 11.8 Å². The molecule has 0 aliphatic heterocycles. The quantitative estimate of drug-likeness (QED) is 0.849. The van der Waals surface area contributed by atoms with E-state index < -0.39 is 0 Å². The molecule has 1 amide bonds. The molecule has 1 aromatic carbocycles. The fraction of sp³-hybridized carbons (Fsp3) is 0.250. The third-order valence-electron chi connectivity index (χ3n) is 2.16. The maximum absolute atomic E-state index is 11.6. The van der Waals surface area contributed by atoms with Gasteiger partial charge in [-0.25, -0.2) is 5.10 Å². The Hall–Kier alpha value is -2.28. The predicted molar refractivity (Wildman–Crippen MR) is 73.1 cm³/mol. The van der Waals surface area contributed by atoms with E-state index in [9.17, 15) is 4.79 Å². The number of aromatic amines is 1. The lowest BCUT2D eigenvalue weighted by molar-refractivity contribution is -0.118. The summed E-state index contributed by atoms with van der Waals surface area (Å²) in [5.74, 6) is 0.345. The summed E-state index contributed by atoms with van der Waals surface area (Å²) >= 11 is 5.80. The third-order valence-corrected chi connectivity index (χ3v) is 2.40. The Morgan fingerprint density at radius 3 is 3.05 bits per heavy atom. The molecule has 1 aromatic heterocycles. The Morgan fingerprint density at radius 1 is 1.45 bits per heavy atom. The number of nitrogens with zero attached hydrogens (tertiary/aromatic N) is 2. The van der Waals surface area contributed by atoms with Gasteiger partial charge in [-0.05, 0) is 25.1 Å². The largest absolute Gasteiger partial charge is 0.484 e. The molecule has 20 heavy (non-hydrogen) atoms. The van der Waals surface area contributed by atoms with E-state index in [1.165, 1.54) is 0 Å². The van der Waals surface area contributed by atoms with Gasteiger partial charge in [0.2, 0.25) is 5.95 Å². The van der Waals surface area contributed by atoms with Crippen molar-refractivity contribution in [3.63, 3.8) is 0 Å². The summed E-state index contributed by atoms with van der Waals surface area (Å²) in [7, 11) is 0. The van der Waals surface area contributed by atoms with Crippen LogP contribution in [-0.4, -0.2) is 34.3 Å². The highest BCUT2D eigenvalue weighted by Crippen LogP contribution is 2.17. The van der Waals surface area contributed by atoms with Gasteiger partial charge in [0.25, 0.3) is 5.91 Å². The number of carbonyl (C=O) groups is 1. The van der Waals surface area contributed by atoms with Crippen LogP contribution in [0.3, 0.4) is 0 Å². The third kappa shape index (κ3) is 4.13. The van der Waals surface area contributed by atoms with E-state index in [2.05, 4.69) is 20.5 Å². The van der Waals surface area contributed by atoms with Crippen LogP contribution in [-0.2, 0) is 4.79 Å². The minimum Gasteiger partial charge on any atom is -0.484 e. The SMILES string of the molecule is CCOc1n[nH]c(NC(=O)COc2cccc(Cl)c2)n1. The van der Waals surface area contributed by atoms with Crippen LogP contribution < -0.4 is 14.8 Å². The molecule has 0 atom stereocenters. The molecule has 106 valence electrons. The van der Waals surface area contributed by atoms with Crippen molar-refractivity contribution < 1.29 is 14.3 Å².